The summed E-state index contributed by atoms with van der Waals surface area (Å²) in [5.74, 6) is 7.48. The maximum absolute atomic E-state index is 5.72. The van der Waals surface area contributed by atoms with Crippen molar-refractivity contribution in [3.8, 4) is 0 Å². The van der Waals surface area contributed by atoms with Crippen LogP contribution in [-0.4, -0.2) is 0 Å². The summed E-state index contributed by atoms with van der Waals surface area (Å²) in [7, 11) is 0. The maximum Gasteiger partial charge on any atom is 0.122 e. The summed E-state index contributed by atoms with van der Waals surface area (Å²) < 4.78 is 6.83. The lowest BCUT2D eigenvalue weighted by molar-refractivity contribution is 0.397. The van der Waals surface area contributed by atoms with E-state index >= 15 is 0 Å². The fraction of sp³-hybridized carbons (Fsp3) is 0.333. The number of halogens is 1. The molecule has 0 amide bonds. The molecule has 0 spiro atoms. The van der Waals surface area contributed by atoms with Gasteiger partial charge >= 0.3 is 0 Å². The molecule has 0 aliphatic rings. The van der Waals surface area contributed by atoms with Crippen molar-refractivity contribution in [1.82, 2.24) is 5.43 Å². The van der Waals surface area contributed by atoms with Crippen LogP contribution in [0.15, 0.2) is 32.5 Å². The molecule has 3 N–H and O–H groups in total. The SMILES string of the molecule is CCc1ccc(C(Cc2cc(Br)cs2)NN)o1. The Kier molecular flexibility index (Phi) is 4.39. The number of aryl methyl sites for hydroxylation is 1. The molecule has 1 unspecified atom stereocenters. The van der Waals surface area contributed by atoms with Gasteiger partial charge in [-0.3, -0.25) is 5.84 Å². The van der Waals surface area contributed by atoms with Gasteiger partial charge in [0.15, 0.2) is 0 Å². The van der Waals surface area contributed by atoms with Gasteiger partial charge in [-0.05, 0) is 34.1 Å². The minimum Gasteiger partial charge on any atom is -0.464 e. The first-order valence-electron chi connectivity index (χ1n) is 5.50. The number of hydrogen-bond acceptors (Lipinski definition) is 4. The summed E-state index contributed by atoms with van der Waals surface area (Å²) in [4.78, 5) is 1.27. The number of furan rings is 1. The summed E-state index contributed by atoms with van der Waals surface area (Å²) in [5.41, 5.74) is 2.81. The van der Waals surface area contributed by atoms with E-state index in [1.54, 1.807) is 11.3 Å². The van der Waals surface area contributed by atoms with Gasteiger partial charge in [-0.1, -0.05) is 6.92 Å². The first-order valence-corrected chi connectivity index (χ1v) is 7.17. The molecular formula is C12H15BrN2OS. The summed E-state index contributed by atoms with van der Waals surface area (Å²) in [5, 5.41) is 2.07. The van der Waals surface area contributed by atoms with Crippen LogP contribution in [0.1, 0.15) is 29.4 Å². The summed E-state index contributed by atoms with van der Waals surface area (Å²) in [6.07, 6.45) is 1.74. The highest BCUT2D eigenvalue weighted by Crippen LogP contribution is 2.26. The smallest absolute Gasteiger partial charge is 0.122 e. The minimum atomic E-state index is 0.0286. The molecular weight excluding hydrogens is 300 g/mol. The van der Waals surface area contributed by atoms with Crippen molar-refractivity contribution in [1.29, 1.82) is 0 Å². The minimum absolute atomic E-state index is 0.0286. The summed E-state index contributed by atoms with van der Waals surface area (Å²) in [6, 6.07) is 6.13. The molecule has 0 radical (unpaired) electrons. The molecule has 3 nitrogen and oxygen atoms in total. The lowest BCUT2D eigenvalue weighted by Gasteiger charge is -2.11. The van der Waals surface area contributed by atoms with Crippen molar-refractivity contribution in [3.05, 3.63) is 44.4 Å². The van der Waals surface area contributed by atoms with Crippen molar-refractivity contribution in [2.45, 2.75) is 25.8 Å². The molecule has 92 valence electrons. The van der Waals surface area contributed by atoms with E-state index in [2.05, 4.69) is 39.7 Å². The van der Waals surface area contributed by atoms with E-state index in [1.165, 1.54) is 4.88 Å². The topological polar surface area (TPSA) is 51.2 Å². The second-order valence-electron chi connectivity index (χ2n) is 3.81. The quantitative estimate of drug-likeness (QED) is 0.657. The molecule has 2 rings (SSSR count). The van der Waals surface area contributed by atoms with E-state index in [4.69, 9.17) is 10.3 Å². The molecule has 0 aromatic carbocycles. The third kappa shape index (κ3) is 3.19. The molecule has 17 heavy (non-hydrogen) atoms. The first-order chi connectivity index (χ1) is 8.22. The van der Waals surface area contributed by atoms with Crippen LogP contribution >= 0.6 is 27.3 Å². The van der Waals surface area contributed by atoms with Gasteiger partial charge in [-0.2, -0.15) is 0 Å². The Hall–Kier alpha value is -0.620. The van der Waals surface area contributed by atoms with Crippen LogP contribution in [0.2, 0.25) is 0 Å². The lowest BCUT2D eigenvalue weighted by Crippen LogP contribution is -2.29. The Morgan fingerprint density at radius 3 is 2.88 bits per heavy atom. The van der Waals surface area contributed by atoms with E-state index in [0.717, 1.165) is 28.8 Å². The average molecular weight is 315 g/mol. The number of hydrazine groups is 1. The Bertz CT molecular complexity index is 480. The number of nitrogens with two attached hydrogens (primary N) is 1. The van der Waals surface area contributed by atoms with Crippen LogP contribution in [0, 0.1) is 0 Å². The van der Waals surface area contributed by atoms with E-state index in [1.807, 2.05) is 12.1 Å². The molecule has 0 saturated carbocycles. The van der Waals surface area contributed by atoms with Gasteiger partial charge in [0.2, 0.25) is 0 Å². The second kappa shape index (κ2) is 5.82. The molecule has 1 atom stereocenters. The van der Waals surface area contributed by atoms with Crippen molar-refractivity contribution in [3.63, 3.8) is 0 Å². The van der Waals surface area contributed by atoms with Gasteiger partial charge in [-0.25, -0.2) is 5.43 Å². The Balaban J connectivity index is 2.10. The largest absolute Gasteiger partial charge is 0.464 e. The zero-order valence-electron chi connectivity index (χ0n) is 9.57. The molecule has 0 bridgehead atoms. The van der Waals surface area contributed by atoms with E-state index in [0.29, 0.717) is 0 Å². The number of nitrogens with one attached hydrogen (secondary N) is 1. The van der Waals surface area contributed by atoms with Gasteiger partial charge in [0.1, 0.15) is 11.5 Å². The zero-order chi connectivity index (χ0) is 12.3. The van der Waals surface area contributed by atoms with Gasteiger partial charge in [0, 0.05) is 27.6 Å². The molecule has 0 saturated heterocycles. The normalized spacial score (nSPS) is 12.9. The monoisotopic (exact) mass is 314 g/mol. The van der Waals surface area contributed by atoms with Crippen LogP contribution in [0.4, 0.5) is 0 Å². The van der Waals surface area contributed by atoms with Gasteiger partial charge in [0.25, 0.3) is 0 Å². The Labute approximate surface area is 113 Å². The van der Waals surface area contributed by atoms with Crippen LogP contribution in [-0.2, 0) is 12.8 Å². The van der Waals surface area contributed by atoms with E-state index < -0.39 is 0 Å². The highest BCUT2D eigenvalue weighted by molar-refractivity contribution is 9.10. The highest BCUT2D eigenvalue weighted by atomic mass is 79.9. The van der Waals surface area contributed by atoms with Crippen LogP contribution in [0.3, 0.4) is 0 Å². The predicted molar refractivity (Wildman–Crippen MR) is 73.9 cm³/mol. The predicted octanol–water partition coefficient (Wildman–Crippen LogP) is 3.41. The average Bonchev–Trinajstić information content (AvgIpc) is 2.94. The van der Waals surface area contributed by atoms with Crippen LogP contribution in [0.5, 0.6) is 0 Å². The van der Waals surface area contributed by atoms with Crippen molar-refractivity contribution in [2.75, 3.05) is 0 Å². The second-order valence-corrected chi connectivity index (χ2v) is 5.72. The van der Waals surface area contributed by atoms with E-state index in [9.17, 15) is 0 Å². The molecule has 0 aliphatic carbocycles. The maximum atomic E-state index is 5.72. The Morgan fingerprint density at radius 1 is 1.53 bits per heavy atom. The molecule has 2 aromatic heterocycles. The summed E-state index contributed by atoms with van der Waals surface area (Å²) >= 11 is 5.17. The fourth-order valence-corrected chi connectivity index (χ4v) is 3.17. The highest BCUT2D eigenvalue weighted by Gasteiger charge is 2.15. The van der Waals surface area contributed by atoms with Crippen LogP contribution in [0.25, 0.3) is 0 Å². The molecule has 2 aromatic rings. The fourth-order valence-electron chi connectivity index (χ4n) is 1.68. The lowest BCUT2D eigenvalue weighted by atomic mass is 10.1. The van der Waals surface area contributed by atoms with Crippen molar-refractivity contribution >= 4 is 27.3 Å². The number of rotatable bonds is 5. The third-order valence-corrected chi connectivity index (χ3v) is 4.32. The van der Waals surface area contributed by atoms with Crippen molar-refractivity contribution < 1.29 is 4.42 Å². The molecule has 0 fully saturated rings. The number of hydrogen-bond donors (Lipinski definition) is 2. The third-order valence-electron chi connectivity index (χ3n) is 2.60. The molecule has 2 heterocycles. The van der Waals surface area contributed by atoms with Crippen molar-refractivity contribution in [2.24, 2.45) is 5.84 Å². The standard InChI is InChI=1S/C12H15BrN2OS/c1-2-9-3-4-12(16-9)11(15-14)6-10-5-8(13)7-17-10/h3-5,7,11,15H,2,6,14H2,1H3. The zero-order valence-corrected chi connectivity index (χ0v) is 12.0. The van der Waals surface area contributed by atoms with Gasteiger partial charge in [0.05, 0.1) is 6.04 Å². The van der Waals surface area contributed by atoms with E-state index in [-0.39, 0.29) is 6.04 Å². The molecule has 5 heteroatoms. The number of thiophene rings is 1. The first kappa shape index (κ1) is 12.8. The Morgan fingerprint density at radius 2 is 2.35 bits per heavy atom. The van der Waals surface area contributed by atoms with Crippen LogP contribution < -0.4 is 11.3 Å². The summed E-state index contributed by atoms with van der Waals surface area (Å²) in [6.45, 7) is 2.07. The van der Waals surface area contributed by atoms with Gasteiger partial charge in [-0.15, -0.1) is 11.3 Å². The molecule has 0 aliphatic heterocycles. The van der Waals surface area contributed by atoms with Gasteiger partial charge < -0.3 is 4.42 Å².